The Balaban J connectivity index is 2.06. The van der Waals surface area contributed by atoms with E-state index in [9.17, 15) is 8.42 Å². The highest BCUT2D eigenvalue weighted by Gasteiger charge is 2.11. The van der Waals surface area contributed by atoms with Crippen LogP contribution in [0.25, 0.3) is 0 Å². The van der Waals surface area contributed by atoms with Crippen LogP contribution >= 0.6 is 0 Å². The molecular formula is C16H16N2O2S. The maximum absolute atomic E-state index is 12.1. The molecule has 0 bridgehead atoms. The molecule has 2 aromatic rings. The van der Waals surface area contributed by atoms with Crippen LogP contribution in [0.4, 0.5) is 5.69 Å². The van der Waals surface area contributed by atoms with Crippen molar-refractivity contribution < 1.29 is 8.42 Å². The van der Waals surface area contributed by atoms with Crippen molar-refractivity contribution in [1.29, 1.82) is 5.26 Å². The SMILES string of the molecule is Cc1ccc(CS(=O)(=O)Nc2ccc(CC#N)cc2)cc1. The Morgan fingerprint density at radius 2 is 1.57 bits per heavy atom. The summed E-state index contributed by atoms with van der Waals surface area (Å²) in [5.74, 6) is -0.0623. The van der Waals surface area contributed by atoms with Gasteiger partial charge in [0.15, 0.2) is 0 Å². The first-order valence-corrected chi connectivity index (χ1v) is 8.16. The Bertz CT molecular complexity index is 742. The van der Waals surface area contributed by atoms with E-state index in [1.54, 1.807) is 24.3 Å². The minimum absolute atomic E-state index is 0.0623. The number of benzene rings is 2. The molecular weight excluding hydrogens is 284 g/mol. The number of aryl methyl sites for hydroxylation is 1. The lowest BCUT2D eigenvalue weighted by Crippen LogP contribution is -2.15. The summed E-state index contributed by atoms with van der Waals surface area (Å²) < 4.78 is 26.7. The van der Waals surface area contributed by atoms with E-state index >= 15 is 0 Å². The van der Waals surface area contributed by atoms with E-state index in [0.717, 1.165) is 16.7 Å². The van der Waals surface area contributed by atoms with E-state index in [0.29, 0.717) is 12.1 Å². The van der Waals surface area contributed by atoms with Crippen LogP contribution < -0.4 is 4.72 Å². The van der Waals surface area contributed by atoms with Gasteiger partial charge in [0.1, 0.15) is 0 Å². The summed E-state index contributed by atoms with van der Waals surface area (Å²) >= 11 is 0. The maximum atomic E-state index is 12.1. The predicted molar refractivity (Wildman–Crippen MR) is 83.2 cm³/mol. The first-order valence-electron chi connectivity index (χ1n) is 6.50. The lowest BCUT2D eigenvalue weighted by atomic mass is 10.1. The average molecular weight is 300 g/mol. The topological polar surface area (TPSA) is 70.0 Å². The third-order valence-corrected chi connectivity index (χ3v) is 4.25. The van der Waals surface area contributed by atoms with Gasteiger partial charge in [-0.1, -0.05) is 42.0 Å². The fourth-order valence-corrected chi connectivity index (χ4v) is 3.10. The van der Waals surface area contributed by atoms with Crippen molar-refractivity contribution in [3.05, 3.63) is 65.2 Å². The molecule has 0 unspecified atom stereocenters. The van der Waals surface area contributed by atoms with Crippen molar-refractivity contribution in [2.75, 3.05) is 4.72 Å². The highest BCUT2D eigenvalue weighted by Crippen LogP contribution is 2.14. The standard InChI is InChI=1S/C16H16N2O2S/c1-13-2-4-15(5-3-13)12-21(19,20)18-16-8-6-14(7-9-16)10-11-17/h2-9,18H,10,12H2,1H3. The minimum atomic E-state index is -3.44. The number of nitrogens with one attached hydrogen (secondary N) is 1. The number of sulfonamides is 1. The molecule has 0 saturated carbocycles. The van der Waals surface area contributed by atoms with Crippen LogP contribution in [0.3, 0.4) is 0 Å². The predicted octanol–water partition coefficient (Wildman–Crippen LogP) is 3.00. The highest BCUT2D eigenvalue weighted by molar-refractivity contribution is 7.91. The molecule has 0 fully saturated rings. The van der Waals surface area contributed by atoms with Gasteiger partial charge in [0.25, 0.3) is 0 Å². The van der Waals surface area contributed by atoms with Gasteiger partial charge in [0.2, 0.25) is 10.0 Å². The third-order valence-electron chi connectivity index (χ3n) is 2.99. The molecule has 108 valence electrons. The van der Waals surface area contributed by atoms with Gasteiger partial charge in [-0.2, -0.15) is 5.26 Å². The molecule has 0 aliphatic rings. The lowest BCUT2D eigenvalue weighted by molar-refractivity contribution is 0.600. The van der Waals surface area contributed by atoms with Crippen LogP contribution in [0, 0.1) is 18.3 Å². The highest BCUT2D eigenvalue weighted by atomic mass is 32.2. The number of nitriles is 1. The summed E-state index contributed by atoms with van der Waals surface area (Å²) in [6.45, 7) is 1.96. The van der Waals surface area contributed by atoms with Crippen LogP contribution in [0.1, 0.15) is 16.7 Å². The van der Waals surface area contributed by atoms with Crippen molar-refractivity contribution in [3.63, 3.8) is 0 Å². The largest absolute Gasteiger partial charge is 0.283 e. The second-order valence-electron chi connectivity index (χ2n) is 4.88. The first-order chi connectivity index (χ1) is 9.98. The van der Waals surface area contributed by atoms with E-state index in [1.807, 2.05) is 31.2 Å². The number of rotatable bonds is 5. The molecule has 0 heterocycles. The van der Waals surface area contributed by atoms with Gasteiger partial charge in [-0.15, -0.1) is 0 Å². The van der Waals surface area contributed by atoms with E-state index in [2.05, 4.69) is 10.8 Å². The van der Waals surface area contributed by atoms with Crippen molar-refractivity contribution >= 4 is 15.7 Å². The Morgan fingerprint density at radius 1 is 1.00 bits per heavy atom. The summed E-state index contributed by atoms with van der Waals surface area (Å²) in [6, 6.07) is 16.3. The average Bonchev–Trinajstić information content (AvgIpc) is 2.43. The second-order valence-corrected chi connectivity index (χ2v) is 6.60. The number of hydrogen-bond acceptors (Lipinski definition) is 3. The summed E-state index contributed by atoms with van der Waals surface area (Å²) in [4.78, 5) is 0. The van der Waals surface area contributed by atoms with Gasteiger partial charge < -0.3 is 0 Å². The monoisotopic (exact) mass is 300 g/mol. The molecule has 0 amide bonds. The van der Waals surface area contributed by atoms with Crippen LogP contribution in [-0.4, -0.2) is 8.42 Å². The number of anilines is 1. The molecule has 2 rings (SSSR count). The molecule has 0 aliphatic carbocycles. The molecule has 0 saturated heterocycles. The smallest absolute Gasteiger partial charge is 0.236 e. The zero-order chi connectivity index (χ0) is 15.3. The minimum Gasteiger partial charge on any atom is -0.283 e. The first kappa shape index (κ1) is 15.1. The Morgan fingerprint density at radius 3 is 2.14 bits per heavy atom. The van der Waals surface area contributed by atoms with Crippen molar-refractivity contribution in [3.8, 4) is 6.07 Å². The zero-order valence-electron chi connectivity index (χ0n) is 11.7. The summed E-state index contributed by atoms with van der Waals surface area (Å²) in [5.41, 5.74) is 3.20. The Kier molecular flexibility index (Phi) is 4.61. The molecule has 0 aliphatic heterocycles. The number of nitrogens with zero attached hydrogens (tertiary/aromatic N) is 1. The third kappa shape index (κ3) is 4.62. The second kappa shape index (κ2) is 6.42. The van der Waals surface area contributed by atoms with E-state index < -0.39 is 10.0 Å². The van der Waals surface area contributed by atoms with Gasteiger partial charge in [0, 0.05) is 5.69 Å². The normalized spacial score (nSPS) is 10.9. The molecule has 0 aromatic heterocycles. The van der Waals surface area contributed by atoms with Crippen molar-refractivity contribution in [1.82, 2.24) is 0 Å². The molecule has 0 radical (unpaired) electrons. The van der Waals surface area contributed by atoms with E-state index in [-0.39, 0.29) is 5.75 Å². The lowest BCUT2D eigenvalue weighted by Gasteiger charge is -2.08. The van der Waals surface area contributed by atoms with Crippen molar-refractivity contribution in [2.45, 2.75) is 19.1 Å². The maximum Gasteiger partial charge on any atom is 0.236 e. The van der Waals surface area contributed by atoms with E-state index in [1.165, 1.54) is 0 Å². The van der Waals surface area contributed by atoms with Gasteiger partial charge in [-0.05, 0) is 30.2 Å². The van der Waals surface area contributed by atoms with Crippen LogP contribution in [0.5, 0.6) is 0 Å². The zero-order valence-corrected chi connectivity index (χ0v) is 12.5. The molecule has 4 nitrogen and oxygen atoms in total. The van der Waals surface area contributed by atoms with Gasteiger partial charge >= 0.3 is 0 Å². The summed E-state index contributed by atoms with van der Waals surface area (Å²) in [6.07, 6.45) is 0.316. The fourth-order valence-electron chi connectivity index (χ4n) is 1.90. The molecule has 5 heteroatoms. The molecule has 1 N–H and O–H groups in total. The molecule has 21 heavy (non-hydrogen) atoms. The summed E-state index contributed by atoms with van der Waals surface area (Å²) in [7, 11) is -3.44. The fraction of sp³-hybridized carbons (Fsp3) is 0.188. The van der Waals surface area contributed by atoms with Crippen LogP contribution in [-0.2, 0) is 22.2 Å². The van der Waals surface area contributed by atoms with Crippen molar-refractivity contribution in [2.24, 2.45) is 0 Å². The number of hydrogen-bond donors (Lipinski definition) is 1. The van der Waals surface area contributed by atoms with Crippen LogP contribution in [0.15, 0.2) is 48.5 Å². The Hall–Kier alpha value is -2.32. The molecule has 0 spiro atoms. The van der Waals surface area contributed by atoms with Gasteiger partial charge in [-0.25, -0.2) is 8.42 Å². The van der Waals surface area contributed by atoms with Gasteiger partial charge in [-0.3, -0.25) is 4.72 Å². The Labute approximate surface area is 125 Å². The van der Waals surface area contributed by atoms with E-state index in [4.69, 9.17) is 5.26 Å². The molecule has 0 atom stereocenters. The van der Waals surface area contributed by atoms with Gasteiger partial charge in [0.05, 0.1) is 18.2 Å². The summed E-state index contributed by atoms with van der Waals surface area (Å²) in [5, 5.41) is 8.60. The van der Waals surface area contributed by atoms with Crippen LogP contribution in [0.2, 0.25) is 0 Å². The molecule has 2 aromatic carbocycles. The quantitative estimate of drug-likeness (QED) is 0.922.